The van der Waals surface area contributed by atoms with Crippen molar-refractivity contribution < 1.29 is 18.5 Å². The summed E-state index contributed by atoms with van der Waals surface area (Å²) in [5.74, 6) is -1.74. The molecule has 0 spiro atoms. The first kappa shape index (κ1) is 21.1. The number of amides is 1. The predicted octanol–water partition coefficient (Wildman–Crippen LogP) is 4.05. The van der Waals surface area contributed by atoms with E-state index in [1.54, 1.807) is 28.8 Å². The Balaban J connectivity index is 1.74. The second-order valence-electron chi connectivity index (χ2n) is 5.95. The number of rotatable bonds is 8. The van der Waals surface area contributed by atoms with Gasteiger partial charge in [0.1, 0.15) is 5.82 Å². The number of hydrogen-bond donors (Lipinski definition) is 1. The van der Waals surface area contributed by atoms with Gasteiger partial charge >= 0.3 is 5.69 Å². The number of allylic oxidation sites excluding steroid dienone is 1. The fourth-order valence-corrected chi connectivity index (χ4v) is 3.34. The van der Waals surface area contributed by atoms with E-state index >= 15 is 0 Å². The quantitative estimate of drug-likeness (QED) is 0.250. The number of carbonyl (C=O) groups is 1. The molecule has 0 atom stereocenters. The number of hydrogen-bond acceptors (Lipinski definition) is 6. The predicted molar refractivity (Wildman–Crippen MR) is 108 cm³/mol. The lowest BCUT2D eigenvalue weighted by Gasteiger charge is -2.09. The number of nitrogens with one attached hydrogen (secondary N) is 1. The first-order valence-corrected chi connectivity index (χ1v) is 9.55. The lowest BCUT2D eigenvalue weighted by atomic mass is 10.2. The van der Waals surface area contributed by atoms with Gasteiger partial charge in [-0.3, -0.25) is 19.5 Å². The Labute approximate surface area is 173 Å². The molecule has 30 heavy (non-hydrogen) atoms. The molecule has 1 aromatic heterocycles. The molecule has 1 heterocycles. The summed E-state index contributed by atoms with van der Waals surface area (Å²) < 4.78 is 29.1. The Kier molecular flexibility index (Phi) is 6.52. The van der Waals surface area contributed by atoms with Crippen molar-refractivity contribution in [3.05, 3.63) is 76.9 Å². The molecule has 3 aromatic rings. The van der Waals surface area contributed by atoms with Gasteiger partial charge in [0, 0.05) is 18.3 Å². The van der Waals surface area contributed by atoms with Crippen LogP contribution in [0.1, 0.15) is 0 Å². The molecule has 11 heteroatoms. The van der Waals surface area contributed by atoms with Gasteiger partial charge < -0.3 is 5.32 Å². The number of benzene rings is 2. The zero-order chi connectivity index (χ0) is 21.7. The van der Waals surface area contributed by atoms with Crippen LogP contribution in [-0.4, -0.2) is 31.3 Å². The Morgan fingerprint density at radius 1 is 1.23 bits per heavy atom. The van der Waals surface area contributed by atoms with E-state index in [4.69, 9.17) is 0 Å². The molecule has 154 valence electrons. The number of nitro benzene ring substituents is 1. The molecule has 0 saturated carbocycles. The molecule has 1 amide bonds. The Hall–Kier alpha value is -3.60. The molecular formula is C19H15F2N5O3S. The summed E-state index contributed by atoms with van der Waals surface area (Å²) in [6, 6.07) is 9.18. The third kappa shape index (κ3) is 4.69. The monoisotopic (exact) mass is 431 g/mol. The molecule has 0 bridgehead atoms. The standard InChI is InChI=1S/C19H15F2N5O3S/c1-2-9-25-18(13-5-3-4-6-14(13)20)23-24-19(25)30-11-17(27)22-12-7-8-15(21)16(10-12)26(28)29/h2-8,10H,1,9,11H2,(H,22,27). The highest BCUT2D eigenvalue weighted by molar-refractivity contribution is 7.99. The van der Waals surface area contributed by atoms with E-state index in [1.165, 1.54) is 12.1 Å². The van der Waals surface area contributed by atoms with E-state index < -0.39 is 28.2 Å². The smallest absolute Gasteiger partial charge is 0.306 e. The summed E-state index contributed by atoms with van der Waals surface area (Å²) in [4.78, 5) is 22.2. The van der Waals surface area contributed by atoms with Gasteiger partial charge in [0.2, 0.25) is 11.7 Å². The molecule has 0 radical (unpaired) electrons. The van der Waals surface area contributed by atoms with E-state index in [-0.39, 0.29) is 17.0 Å². The summed E-state index contributed by atoms with van der Waals surface area (Å²) in [5.41, 5.74) is -0.379. The van der Waals surface area contributed by atoms with E-state index in [2.05, 4.69) is 22.1 Å². The van der Waals surface area contributed by atoms with Gasteiger partial charge in [0.15, 0.2) is 11.0 Å². The molecule has 1 N–H and O–H groups in total. The second kappa shape index (κ2) is 9.27. The van der Waals surface area contributed by atoms with Gasteiger partial charge in [-0.25, -0.2) is 4.39 Å². The van der Waals surface area contributed by atoms with Gasteiger partial charge in [0.05, 0.1) is 16.2 Å². The van der Waals surface area contributed by atoms with Crippen molar-refractivity contribution in [3.8, 4) is 11.4 Å². The zero-order valence-electron chi connectivity index (χ0n) is 15.4. The van der Waals surface area contributed by atoms with Gasteiger partial charge in [-0.2, -0.15) is 4.39 Å². The number of anilines is 1. The Morgan fingerprint density at radius 3 is 2.70 bits per heavy atom. The van der Waals surface area contributed by atoms with Crippen molar-refractivity contribution >= 4 is 29.0 Å². The summed E-state index contributed by atoms with van der Waals surface area (Å²) in [6.45, 7) is 3.97. The van der Waals surface area contributed by atoms with Crippen LogP contribution in [0.4, 0.5) is 20.2 Å². The maximum Gasteiger partial charge on any atom is 0.306 e. The van der Waals surface area contributed by atoms with Crippen LogP contribution in [-0.2, 0) is 11.3 Å². The number of halogens is 2. The van der Waals surface area contributed by atoms with Gasteiger partial charge in [-0.05, 0) is 24.3 Å². The molecule has 8 nitrogen and oxygen atoms in total. The van der Waals surface area contributed by atoms with E-state index in [0.717, 1.165) is 23.9 Å². The number of nitro groups is 1. The summed E-state index contributed by atoms with van der Waals surface area (Å²) >= 11 is 1.05. The van der Waals surface area contributed by atoms with Crippen LogP contribution in [0.25, 0.3) is 11.4 Å². The number of carbonyl (C=O) groups excluding carboxylic acids is 1. The summed E-state index contributed by atoms with van der Waals surface area (Å²) in [7, 11) is 0. The molecule has 0 saturated heterocycles. The minimum atomic E-state index is -0.995. The molecule has 3 rings (SSSR count). The van der Waals surface area contributed by atoms with Gasteiger partial charge in [-0.1, -0.05) is 30.0 Å². The number of aromatic nitrogens is 3. The van der Waals surface area contributed by atoms with Crippen LogP contribution in [0, 0.1) is 21.7 Å². The van der Waals surface area contributed by atoms with Crippen molar-refractivity contribution in [2.24, 2.45) is 0 Å². The fourth-order valence-electron chi connectivity index (χ4n) is 2.59. The van der Waals surface area contributed by atoms with Crippen molar-refractivity contribution in [1.82, 2.24) is 14.8 Å². The molecule has 0 unspecified atom stereocenters. The molecule has 0 aliphatic heterocycles. The number of nitrogens with zero attached hydrogens (tertiary/aromatic N) is 4. The SMILES string of the molecule is C=CCn1c(SCC(=O)Nc2ccc(F)c([N+](=O)[O-])c2)nnc1-c1ccccc1F. The minimum absolute atomic E-state index is 0.0910. The van der Waals surface area contributed by atoms with Crippen molar-refractivity contribution in [1.29, 1.82) is 0 Å². The highest BCUT2D eigenvalue weighted by atomic mass is 32.2. The highest BCUT2D eigenvalue weighted by Gasteiger charge is 2.18. The third-order valence-electron chi connectivity index (χ3n) is 3.90. The van der Waals surface area contributed by atoms with Crippen LogP contribution in [0.15, 0.2) is 60.3 Å². The first-order chi connectivity index (χ1) is 14.4. The lowest BCUT2D eigenvalue weighted by Crippen LogP contribution is -2.15. The average molecular weight is 431 g/mol. The van der Waals surface area contributed by atoms with Crippen LogP contribution in [0.2, 0.25) is 0 Å². The number of thioether (sulfide) groups is 1. The van der Waals surface area contributed by atoms with Crippen LogP contribution >= 0.6 is 11.8 Å². The average Bonchev–Trinajstić information content (AvgIpc) is 3.11. The second-order valence-corrected chi connectivity index (χ2v) is 6.89. The van der Waals surface area contributed by atoms with Crippen molar-refractivity contribution in [2.45, 2.75) is 11.7 Å². The summed E-state index contributed by atoms with van der Waals surface area (Å²) in [5, 5.41) is 21.7. The molecule has 0 fully saturated rings. The topological polar surface area (TPSA) is 103 Å². The molecule has 0 aliphatic carbocycles. The first-order valence-electron chi connectivity index (χ1n) is 8.56. The minimum Gasteiger partial charge on any atom is -0.325 e. The lowest BCUT2D eigenvalue weighted by molar-refractivity contribution is -0.387. The third-order valence-corrected chi connectivity index (χ3v) is 4.87. The van der Waals surface area contributed by atoms with Gasteiger partial charge in [0.25, 0.3) is 0 Å². The maximum absolute atomic E-state index is 14.1. The molecular weight excluding hydrogens is 416 g/mol. The van der Waals surface area contributed by atoms with Crippen LogP contribution in [0.5, 0.6) is 0 Å². The van der Waals surface area contributed by atoms with E-state index in [9.17, 15) is 23.7 Å². The zero-order valence-corrected chi connectivity index (χ0v) is 16.2. The Morgan fingerprint density at radius 2 is 2.00 bits per heavy atom. The van der Waals surface area contributed by atoms with Crippen LogP contribution in [0.3, 0.4) is 0 Å². The fraction of sp³-hybridized carbons (Fsp3) is 0.105. The van der Waals surface area contributed by atoms with Crippen molar-refractivity contribution in [2.75, 3.05) is 11.1 Å². The van der Waals surface area contributed by atoms with Gasteiger partial charge in [-0.15, -0.1) is 16.8 Å². The summed E-state index contributed by atoms with van der Waals surface area (Å²) in [6.07, 6.45) is 1.59. The highest BCUT2D eigenvalue weighted by Crippen LogP contribution is 2.26. The van der Waals surface area contributed by atoms with Crippen LogP contribution < -0.4 is 5.32 Å². The largest absolute Gasteiger partial charge is 0.325 e. The maximum atomic E-state index is 14.1. The van der Waals surface area contributed by atoms with E-state index in [1.807, 2.05) is 0 Å². The molecule has 2 aromatic carbocycles. The molecule has 0 aliphatic rings. The van der Waals surface area contributed by atoms with Crippen molar-refractivity contribution in [3.63, 3.8) is 0 Å². The normalized spacial score (nSPS) is 10.6. The Bertz CT molecular complexity index is 1120. The van der Waals surface area contributed by atoms with E-state index in [0.29, 0.717) is 17.5 Å².